The first-order chi connectivity index (χ1) is 14.6. The summed E-state index contributed by atoms with van der Waals surface area (Å²) in [5, 5.41) is 9.28. The minimum atomic E-state index is -0.198. The third-order valence-corrected chi connectivity index (χ3v) is 6.30. The molecule has 0 amide bonds. The van der Waals surface area contributed by atoms with Crippen molar-refractivity contribution in [3.05, 3.63) is 64.7 Å². The fraction of sp³-hybridized carbons (Fsp3) is 0.481. The monoisotopic (exact) mass is 403 g/mol. The summed E-state index contributed by atoms with van der Waals surface area (Å²) in [6.07, 6.45) is 10.1. The van der Waals surface area contributed by atoms with E-state index in [9.17, 15) is 10.1 Å². The Morgan fingerprint density at radius 2 is 1.77 bits per heavy atom. The maximum atomic E-state index is 12.6. The zero-order chi connectivity index (χ0) is 21.3. The van der Waals surface area contributed by atoms with Gasteiger partial charge in [-0.1, -0.05) is 56.5 Å². The Morgan fingerprint density at radius 1 is 1.03 bits per heavy atom. The molecule has 3 heteroatoms. The van der Waals surface area contributed by atoms with Crippen LogP contribution in [0, 0.1) is 24.2 Å². The molecule has 0 radical (unpaired) electrons. The van der Waals surface area contributed by atoms with E-state index in [0.717, 1.165) is 31.2 Å². The van der Waals surface area contributed by atoms with E-state index in [2.05, 4.69) is 37.3 Å². The van der Waals surface area contributed by atoms with Crippen molar-refractivity contribution in [2.24, 2.45) is 5.92 Å². The number of unbranched alkanes of at least 4 members (excludes halogenated alkanes) is 3. The van der Waals surface area contributed by atoms with E-state index in [0.29, 0.717) is 17.2 Å². The van der Waals surface area contributed by atoms with Gasteiger partial charge in [-0.15, -0.1) is 0 Å². The molecule has 0 saturated heterocycles. The second-order valence-electron chi connectivity index (χ2n) is 8.63. The Bertz CT molecular complexity index is 871. The Kier molecular flexibility index (Phi) is 8.08. The van der Waals surface area contributed by atoms with Crippen molar-refractivity contribution in [2.75, 3.05) is 0 Å². The summed E-state index contributed by atoms with van der Waals surface area (Å²) >= 11 is 0. The first-order valence-corrected chi connectivity index (χ1v) is 11.4. The van der Waals surface area contributed by atoms with Crippen LogP contribution in [-0.4, -0.2) is 5.97 Å². The smallest absolute Gasteiger partial charge is 0.314 e. The zero-order valence-corrected chi connectivity index (χ0v) is 18.3. The molecule has 0 heterocycles. The number of carbonyl (C=O) groups excluding carboxylic acids is 1. The number of carbonyl (C=O) groups is 1. The molecule has 1 aliphatic rings. The van der Waals surface area contributed by atoms with Gasteiger partial charge in [0.25, 0.3) is 0 Å². The molecule has 2 aromatic carbocycles. The molecular weight excluding hydrogens is 370 g/mol. The Hall–Kier alpha value is -2.60. The number of nitriles is 1. The van der Waals surface area contributed by atoms with E-state index in [4.69, 9.17) is 4.74 Å². The first-order valence-electron chi connectivity index (χ1n) is 11.4. The van der Waals surface area contributed by atoms with Crippen LogP contribution >= 0.6 is 0 Å². The highest BCUT2D eigenvalue weighted by molar-refractivity contribution is 5.76. The van der Waals surface area contributed by atoms with Gasteiger partial charge in [0, 0.05) is 0 Å². The van der Waals surface area contributed by atoms with Crippen molar-refractivity contribution < 1.29 is 9.53 Å². The van der Waals surface area contributed by atoms with Gasteiger partial charge >= 0.3 is 5.97 Å². The molecule has 0 unspecified atom stereocenters. The number of rotatable bonds is 8. The number of hydrogen-bond donors (Lipinski definition) is 0. The van der Waals surface area contributed by atoms with Gasteiger partial charge in [0.15, 0.2) is 0 Å². The Morgan fingerprint density at radius 3 is 2.43 bits per heavy atom. The standard InChI is InChI=1S/C27H33NO2/c1-3-4-5-6-7-21-9-11-22(12-10-21)23-13-15-24(16-14-23)27(29)30-26-17-8-20(2)18-25(26)19-28/h8-12,17-18,23-24H,3-7,13-16H2,1-2H3. The summed E-state index contributed by atoms with van der Waals surface area (Å²) < 4.78 is 5.58. The molecular formula is C27H33NO2. The van der Waals surface area contributed by atoms with Crippen molar-refractivity contribution in [1.82, 2.24) is 0 Å². The van der Waals surface area contributed by atoms with E-state index < -0.39 is 0 Å². The summed E-state index contributed by atoms with van der Waals surface area (Å²) in [5.74, 6) is 0.630. The average Bonchev–Trinajstić information content (AvgIpc) is 2.78. The summed E-state index contributed by atoms with van der Waals surface area (Å²) in [4.78, 5) is 12.6. The number of ether oxygens (including phenoxy) is 1. The molecule has 2 aromatic rings. The number of hydrogen-bond acceptors (Lipinski definition) is 3. The lowest BCUT2D eigenvalue weighted by Crippen LogP contribution is -2.25. The van der Waals surface area contributed by atoms with Crippen LogP contribution in [0.2, 0.25) is 0 Å². The first kappa shape index (κ1) is 22.1. The molecule has 0 aromatic heterocycles. The van der Waals surface area contributed by atoms with Crippen molar-refractivity contribution in [3.63, 3.8) is 0 Å². The van der Waals surface area contributed by atoms with Gasteiger partial charge < -0.3 is 4.74 Å². The maximum Gasteiger partial charge on any atom is 0.314 e. The molecule has 0 bridgehead atoms. The summed E-state index contributed by atoms with van der Waals surface area (Å²) in [5.41, 5.74) is 4.23. The Balaban J connectivity index is 1.50. The number of benzene rings is 2. The predicted molar refractivity (Wildman–Crippen MR) is 121 cm³/mol. The van der Waals surface area contributed by atoms with Crippen molar-refractivity contribution >= 4 is 5.97 Å². The van der Waals surface area contributed by atoms with Gasteiger partial charge in [-0.05, 0) is 80.2 Å². The van der Waals surface area contributed by atoms with E-state index in [1.165, 1.54) is 43.2 Å². The van der Waals surface area contributed by atoms with Gasteiger partial charge in [0.2, 0.25) is 0 Å². The third kappa shape index (κ3) is 5.95. The van der Waals surface area contributed by atoms with Gasteiger partial charge in [0.1, 0.15) is 11.8 Å². The largest absolute Gasteiger partial charge is 0.425 e. The number of aryl methyl sites for hydroxylation is 2. The SMILES string of the molecule is CCCCCCc1ccc(C2CCC(C(=O)Oc3ccc(C)cc3C#N)CC2)cc1. The van der Waals surface area contributed by atoms with Gasteiger partial charge in [-0.25, -0.2) is 0 Å². The lowest BCUT2D eigenvalue weighted by Gasteiger charge is -2.27. The normalized spacial score (nSPS) is 18.6. The molecule has 3 nitrogen and oxygen atoms in total. The lowest BCUT2D eigenvalue weighted by molar-refractivity contribution is -0.140. The van der Waals surface area contributed by atoms with Crippen LogP contribution in [0.4, 0.5) is 0 Å². The second kappa shape index (κ2) is 11.0. The van der Waals surface area contributed by atoms with Gasteiger partial charge in [-0.3, -0.25) is 4.79 Å². The van der Waals surface area contributed by atoms with Crippen LogP contribution in [0.5, 0.6) is 5.75 Å². The number of esters is 1. The third-order valence-electron chi connectivity index (χ3n) is 6.30. The maximum absolute atomic E-state index is 12.6. The highest BCUT2D eigenvalue weighted by Gasteiger charge is 2.29. The van der Waals surface area contributed by atoms with E-state index in [-0.39, 0.29) is 11.9 Å². The fourth-order valence-electron chi connectivity index (χ4n) is 4.39. The number of nitrogens with zero attached hydrogens (tertiary/aromatic N) is 1. The van der Waals surface area contributed by atoms with E-state index >= 15 is 0 Å². The van der Waals surface area contributed by atoms with Gasteiger partial charge in [0.05, 0.1) is 11.5 Å². The van der Waals surface area contributed by atoms with Gasteiger partial charge in [-0.2, -0.15) is 5.26 Å². The molecule has 0 N–H and O–H groups in total. The topological polar surface area (TPSA) is 50.1 Å². The molecule has 1 aliphatic carbocycles. The molecule has 0 atom stereocenters. The van der Waals surface area contributed by atoms with Crippen LogP contribution < -0.4 is 4.74 Å². The molecule has 30 heavy (non-hydrogen) atoms. The second-order valence-corrected chi connectivity index (χ2v) is 8.63. The van der Waals surface area contributed by atoms with E-state index in [1.54, 1.807) is 12.1 Å². The summed E-state index contributed by atoms with van der Waals surface area (Å²) in [6.45, 7) is 4.17. The van der Waals surface area contributed by atoms with Crippen LogP contribution in [0.3, 0.4) is 0 Å². The van der Waals surface area contributed by atoms with Crippen molar-refractivity contribution in [2.45, 2.75) is 77.6 Å². The summed E-state index contributed by atoms with van der Waals surface area (Å²) in [6, 6.07) is 16.6. The molecule has 1 fully saturated rings. The Labute approximate surface area is 181 Å². The quantitative estimate of drug-likeness (QED) is 0.274. The van der Waals surface area contributed by atoms with Crippen molar-refractivity contribution in [3.8, 4) is 11.8 Å². The summed E-state index contributed by atoms with van der Waals surface area (Å²) in [7, 11) is 0. The average molecular weight is 404 g/mol. The zero-order valence-electron chi connectivity index (χ0n) is 18.3. The molecule has 1 saturated carbocycles. The minimum Gasteiger partial charge on any atom is -0.425 e. The predicted octanol–water partition coefficient (Wildman–Crippen LogP) is 6.87. The molecule has 0 aliphatic heterocycles. The van der Waals surface area contributed by atoms with Crippen LogP contribution in [-0.2, 0) is 11.2 Å². The van der Waals surface area contributed by atoms with Crippen LogP contribution in [0.1, 0.15) is 86.5 Å². The van der Waals surface area contributed by atoms with Crippen molar-refractivity contribution in [1.29, 1.82) is 5.26 Å². The van der Waals surface area contributed by atoms with E-state index in [1.807, 2.05) is 13.0 Å². The molecule has 0 spiro atoms. The molecule has 158 valence electrons. The van der Waals surface area contributed by atoms with Crippen LogP contribution in [0.25, 0.3) is 0 Å². The van der Waals surface area contributed by atoms with Crippen LogP contribution in [0.15, 0.2) is 42.5 Å². The highest BCUT2D eigenvalue weighted by Crippen LogP contribution is 2.36. The molecule has 3 rings (SSSR count). The minimum absolute atomic E-state index is 0.0769. The lowest BCUT2D eigenvalue weighted by atomic mass is 9.78. The highest BCUT2D eigenvalue weighted by atomic mass is 16.5. The fourth-order valence-corrected chi connectivity index (χ4v) is 4.39.